The van der Waals surface area contributed by atoms with Crippen molar-refractivity contribution >= 4 is 29.6 Å². The summed E-state index contributed by atoms with van der Waals surface area (Å²) in [5.74, 6) is -3.12. The summed E-state index contributed by atoms with van der Waals surface area (Å²) in [6.07, 6.45) is 3.15. The third-order valence-corrected chi connectivity index (χ3v) is 4.48. The van der Waals surface area contributed by atoms with Crippen LogP contribution in [0.2, 0.25) is 0 Å². The largest absolute Gasteiger partial charge is 0.454 e. The number of amides is 4. The molecule has 2 atom stereocenters. The Balaban J connectivity index is 1.73. The quantitative estimate of drug-likeness (QED) is 0.455. The molecule has 0 unspecified atom stereocenters. The van der Waals surface area contributed by atoms with E-state index in [0.717, 1.165) is 17.7 Å². The Morgan fingerprint density at radius 3 is 2.19 bits per heavy atom. The SMILES string of the molecule is CC(C)NC(=O)CNC(=O)COC(=O)CN1C(=O)[C@H]2CCCC[C@@H]2C1=O. The van der Waals surface area contributed by atoms with Gasteiger partial charge in [-0.15, -0.1) is 0 Å². The number of imide groups is 1. The molecule has 0 bridgehead atoms. The maximum Gasteiger partial charge on any atom is 0.326 e. The highest BCUT2D eigenvalue weighted by atomic mass is 16.5. The molecule has 0 aromatic rings. The molecule has 1 heterocycles. The Hall–Kier alpha value is -2.45. The number of nitrogens with zero attached hydrogens (tertiary/aromatic N) is 1. The van der Waals surface area contributed by atoms with Gasteiger partial charge in [-0.1, -0.05) is 12.8 Å². The topological polar surface area (TPSA) is 122 Å². The van der Waals surface area contributed by atoms with Crippen LogP contribution in [0.1, 0.15) is 39.5 Å². The second kappa shape index (κ2) is 8.77. The Labute approximate surface area is 151 Å². The number of esters is 1. The van der Waals surface area contributed by atoms with Crippen LogP contribution in [0, 0.1) is 11.8 Å². The zero-order valence-corrected chi connectivity index (χ0v) is 15.1. The van der Waals surface area contributed by atoms with E-state index in [2.05, 4.69) is 10.6 Å². The maximum absolute atomic E-state index is 12.3. The van der Waals surface area contributed by atoms with Gasteiger partial charge in [-0.2, -0.15) is 0 Å². The molecule has 0 aromatic heterocycles. The highest BCUT2D eigenvalue weighted by Crippen LogP contribution is 2.37. The van der Waals surface area contributed by atoms with Gasteiger partial charge in [0, 0.05) is 6.04 Å². The number of rotatable bonds is 7. The van der Waals surface area contributed by atoms with Crippen molar-refractivity contribution in [2.45, 2.75) is 45.6 Å². The van der Waals surface area contributed by atoms with Crippen molar-refractivity contribution in [1.29, 1.82) is 0 Å². The van der Waals surface area contributed by atoms with Gasteiger partial charge in [0.2, 0.25) is 17.7 Å². The second-order valence-electron chi connectivity index (χ2n) is 6.92. The number of ether oxygens (including phenoxy) is 1. The van der Waals surface area contributed by atoms with Gasteiger partial charge in [-0.25, -0.2) is 0 Å². The molecule has 26 heavy (non-hydrogen) atoms. The molecule has 1 aliphatic heterocycles. The van der Waals surface area contributed by atoms with Crippen LogP contribution >= 0.6 is 0 Å². The number of fused-ring (bicyclic) bond motifs is 1. The van der Waals surface area contributed by atoms with Crippen molar-refractivity contribution in [1.82, 2.24) is 15.5 Å². The third kappa shape index (κ3) is 5.03. The lowest BCUT2D eigenvalue weighted by molar-refractivity contribution is -0.155. The van der Waals surface area contributed by atoms with Crippen molar-refractivity contribution in [2.24, 2.45) is 11.8 Å². The van der Waals surface area contributed by atoms with Gasteiger partial charge in [0.05, 0.1) is 18.4 Å². The van der Waals surface area contributed by atoms with E-state index in [1.165, 1.54) is 0 Å². The van der Waals surface area contributed by atoms with Gasteiger partial charge in [0.25, 0.3) is 5.91 Å². The summed E-state index contributed by atoms with van der Waals surface area (Å²) >= 11 is 0. The lowest BCUT2D eigenvalue weighted by atomic mass is 9.81. The first kappa shape index (κ1) is 19.9. The lowest BCUT2D eigenvalue weighted by Gasteiger charge is -2.19. The summed E-state index contributed by atoms with van der Waals surface area (Å²) in [6.45, 7) is 2.31. The summed E-state index contributed by atoms with van der Waals surface area (Å²) in [5, 5.41) is 4.92. The summed E-state index contributed by atoms with van der Waals surface area (Å²) in [4.78, 5) is 60.3. The fraction of sp³-hybridized carbons (Fsp3) is 0.706. The average molecular weight is 367 g/mol. The minimum atomic E-state index is -0.827. The van der Waals surface area contributed by atoms with Crippen molar-refractivity contribution in [3.8, 4) is 0 Å². The number of likely N-dealkylation sites (tertiary alicyclic amines) is 1. The predicted molar refractivity (Wildman–Crippen MR) is 89.4 cm³/mol. The molecule has 0 aromatic carbocycles. The third-order valence-electron chi connectivity index (χ3n) is 4.48. The Morgan fingerprint density at radius 1 is 1.08 bits per heavy atom. The number of carbonyl (C=O) groups excluding carboxylic acids is 5. The summed E-state index contributed by atoms with van der Waals surface area (Å²) < 4.78 is 4.80. The van der Waals surface area contributed by atoms with Gasteiger partial charge >= 0.3 is 5.97 Å². The Morgan fingerprint density at radius 2 is 1.65 bits per heavy atom. The van der Waals surface area contributed by atoms with E-state index in [1.54, 1.807) is 13.8 Å². The van der Waals surface area contributed by atoms with Gasteiger partial charge in [0.15, 0.2) is 6.61 Å². The highest BCUT2D eigenvalue weighted by Gasteiger charge is 2.48. The standard InChI is InChI=1S/C17H25N3O6/c1-10(2)19-13(21)7-18-14(22)9-26-15(23)8-20-16(24)11-5-3-4-6-12(11)17(20)25/h10-12H,3-9H2,1-2H3,(H,18,22)(H,19,21)/t11-,12-/m0/s1. The van der Waals surface area contributed by atoms with E-state index in [-0.39, 0.29) is 42.1 Å². The maximum atomic E-state index is 12.3. The summed E-state index contributed by atoms with van der Waals surface area (Å²) in [7, 11) is 0. The van der Waals surface area contributed by atoms with E-state index in [4.69, 9.17) is 4.74 Å². The first-order valence-corrected chi connectivity index (χ1v) is 8.86. The fourth-order valence-electron chi connectivity index (χ4n) is 3.31. The normalized spacial score (nSPS) is 22.2. The number of hydrogen-bond acceptors (Lipinski definition) is 6. The molecular weight excluding hydrogens is 342 g/mol. The van der Waals surface area contributed by atoms with Gasteiger partial charge in [0.1, 0.15) is 6.54 Å². The highest BCUT2D eigenvalue weighted by molar-refractivity contribution is 6.07. The van der Waals surface area contributed by atoms with Gasteiger partial charge < -0.3 is 15.4 Å². The molecule has 9 nitrogen and oxygen atoms in total. The van der Waals surface area contributed by atoms with Crippen LogP contribution in [0.4, 0.5) is 0 Å². The molecule has 0 radical (unpaired) electrons. The zero-order chi connectivity index (χ0) is 19.3. The smallest absolute Gasteiger partial charge is 0.326 e. The van der Waals surface area contributed by atoms with Crippen LogP contribution in [-0.4, -0.2) is 60.2 Å². The van der Waals surface area contributed by atoms with Crippen LogP contribution in [0.3, 0.4) is 0 Å². The average Bonchev–Trinajstić information content (AvgIpc) is 2.83. The number of nitrogens with one attached hydrogen (secondary N) is 2. The minimum absolute atomic E-state index is 0.0449. The molecule has 144 valence electrons. The summed E-state index contributed by atoms with van der Waals surface area (Å²) in [6, 6.07) is -0.0449. The molecule has 1 saturated carbocycles. The van der Waals surface area contributed by atoms with Crippen molar-refractivity contribution < 1.29 is 28.7 Å². The molecular formula is C17H25N3O6. The minimum Gasteiger partial charge on any atom is -0.454 e. The van der Waals surface area contributed by atoms with Gasteiger partial charge in [-0.05, 0) is 26.7 Å². The molecule has 2 N–H and O–H groups in total. The first-order valence-electron chi connectivity index (χ1n) is 8.86. The Kier molecular flexibility index (Phi) is 6.70. The molecule has 2 rings (SSSR count). The van der Waals surface area contributed by atoms with Crippen LogP contribution in [0.25, 0.3) is 0 Å². The summed E-state index contributed by atoms with van der Waals surface area (Å²) in [5.41, 5.74) is 0. The van der Waals surface area contributed by atoms with Gasteiger partial charge in [-0.3, -0.25) is 28.9 Å². The Bertz CT molecular complexity index is 579. The number of hydrogen-bond donors (Lipinski definition) is 2. The molecule has 1 saturated heterocycles. The molecule has 9 heteroatoms. The van der Waals surface area contributed by atoms with E-state index in [0.29, 0.717) is 12.8 Å². The van der Waals surface area contributed by atoms with E-state index in [1.807, 2.05) is 0 Å². The monoisotopic (exact) mass is 367 g/mol. The predicted octanol–water partition coefficient (Wildman–Crippen LogP) is -0.654. The first-order chi connectivity index (χ1) is 12.3. The fourth-order valence-corrected chi connectivity index (χ4v) is 3.31. The van der Waals surface area contributed by atoms with E-state index in [9.17, 15) is 24.0 Å². The van der Waals surface area contributed by atoms with Crippen LogP contribution < -0.4 is 10.6 Å². The van der Waals surface area contributed by atoms with Crippen LogP contribution in [0.15, 0.2) is 0 Å². The van der Waals surface area contributed by atoms with Crippen molar-refractivity contribution in [3.05, 3.63) is 0 Å². The van der Waals surface area contributed by atoms with Crippen LogP contribution in [0.5, 0.6) is 0 Å². The van der Waals surface area contributed by atoms with E-state index >= 15 is 0 Å². The lowest BCUT2D eigenvalue weighted by Crippen LogP contribution is -2.42. The molecule has 2 aliphatic rings. The number of carbonyl (C=O) groups is 5. The zero-order valence-electron chi connectivity index (χ0n) is 15.1. The molecule has 2 fully saturated rings. The molecule has 1 aliphatic carbocycles. The van der Waals surface area contributed by atoms with Crippen LogP contribution in [-0.2, 0) is 28.7 Å². The van der Waals surface area contributed by atoms with E-state index < -0.39 is 25.0 Å². The second-order valence-corrected chi connectivity index (χ2v) is 6.92. The van der Waals surface area contributed by atoms with Crippen molar-refractivity contribution in [3.63, 3.8) is 0 Å². The van der Waals surface area contributed by atoms with Crippen molar-refractivity contribution in [2.75, 3.05) is 19.7 Å². The molecule has 4 amide bonds. The molecule has 0 spiro atoms.